The van der Waals surface area contributed by atoms with E-state index in [2.05, 4.69) is 42.8 Å². The van der Waals surface area contributed by atoms with Gasteiger partial charge in [-0.3, -0.25) is 0 Å². The van der Waals surface area contributed by atoms with E-state index < -0.39 is 0 Å². The highest BCUT2D eigenvalue weighted by Crippen LogP contribution is 2.38. The lowest BCUT2D eigenvalue weighted by molar-refractivity contribution is 0.547. The average Bonchev–Trinajstić information content (AvgIpc) is 2.44. The molecular weight excluding hydrogens is 268 g/mol. The van der Waals surface area contributed by atoms with Gasteiger partial charge in [-0.25, -0.2) is 0 Å². The van der Waals surface area contributed by atoms with Crippen LogP contribution in [0.25, 0.3) is 0 Å². The van der Waals surface area contributed by atoms with E-state index in [4.69, 9.17) is 11.6 Å². The minimum Gasteiger partial charge on any atom is -0.143 e. The number of hydrogen-bond donors (Lipinski definition) is 0. The first kappa shape index (κ1) is 11.5. The summed E-state index contributed by atoms with van der Waals surface area (Å²) < 4.78 is 1.18. The van der Waals surface area contributed by atoms with Gasteiger partial charge in [-0.2, -0.15) is 0 Å². The van der Waals surface area contributed by atoms with Crippen molar-refractivity contribution in [2.75, 3.05) is 0 Å². The molecule has 3 heteroatoms. The third-order valence-electron chi connectivity index (χ3n) is 2.29. The van der Waals surface area contributed by atoms with Crippen LogP contribution in [-0.2, 0) is 0 Å². The highest BCUT2D eigenvalue weighted by molar-refractivity contribution is 9.10. The van der Waals surface area contributed by atoms with Crippen LogP contribution in [0, 0.1) is 12.8 Å². The number of hydrogen-bond acceptors (Lipinski definition) is 1. The molecule has 0 saturated carbocycles. The van der Waals surface area contributed by atoms with Crippen molar-refractivity contribution in [3.63, 3.8) is 0 Å². The van der Waals surface area contributed by atoms with Gasteiger partial charge in [-0.1, -0.05) is 20.3 Å². The van der Waals surface area contributed by atoms with Crippen molar-refractivity contribution in [1.82, 2.24) is 0 Å². The minimum absolute atomic E-state index is 0.167. The second kappa shape index (κ2) is 4.81. The summed E-state index contributed by atoms with van der Waals surface area (Å²) in [5.74, 6) is 0.548. The van der Waals surface area contributed by atoms with Crippen molar-refractivity contribution in [1.29, 1.82) is 0 Å². The quantitative estimate of drug-likeness (QED) is 0.673. The van der Waals surface area contributed by atoms with E-state index in [-0.39, 0.29) is 5.38 Å². The fourth-order valence-corrected chi connectivity index (χ4v) is 3.15. The second-order valence-electron chi connectivity index (χ2n) is 3.34. The molecule has 0 N–H and O–H groups in total. The molecule has 1 aromatic rings. The molecule has 13 heavy (non-hydrogen) atoms. The van der Waals surface area contributed by atoms with Crippen molar-refractivity contribution in [3.05, 3.63) is 20.3 Å². The highest BCUT2D eigenvalue weighted by Gasteiger charge is 2.17. The largest absolute Gasteiger partial charge is 0.143 e. The van der Waals surface area contributed by atoms with Gasteiger partial charge in [0, 0.05) is 14.2 Å². The Bertz CT molecular complexity index is 263. The smallest absolute Gasteiger partial charge is 0.0704 e. The van der Waals surface area contributed by atoms with Gasteiger partial charge in [0.15, 0.2) is 0 Å². The predicted octanol–water partition coefficient (Wildman–Crippen LogP) is 5.15. The molecule has 0 saturated heterocycles. The molecule has 2 atom stereocenters. The Kier molecular flexibility index (Phi) is 4.27. The Morgan fingerprint density at radius 2 is 2.23 bits per heavy atom. The summed E-state index contributed by atoms with van der Waals surface area (Å²) in [5.41, 5.74) is 0. The van der Waals surface area contributed by atoms with E-state index in [1.807, 2.05) is 0 Å². The maximum absolute atomic E-state index is 6.33. The summed E-state index contributed by atoms with van der Waals surface area (Å²) in [6.07, 6.45) is 1.13. The first-order valence-corrected chi connectivity index (χ1v) is 6.50. The molecule has 0 fully saturated rings. The molecular formula is C10H14BrClS. The Balaban J connectivity index is 2.82. The van der Waals surface area contributed by atoms with Crippen LogP contribution in [0.5, 0.6) is 0 Å². The summed E-state index contributed by atoms with van der Waals surface area (Å²) in [6.45, 7) is 6.48. The van der Waals surface area contributed by atoms with Gasteiger partial charge in [-0.05, 0) is 34.8 Å². The maximum Gasteiger partial charge on any atom is 0.0704 e. The van der Waals surface area contributed by atoms with Crippen molar-refractivity contribution >= 4 is 38.9 Å². The second-order valence-corrected chi connectivity index (χ2v) is 5.95. The van der Waals surface area contributed by atoms with Crippen LogP contribution in [0.4, 0.5) is 0 Å². The van der Waals surface area contributed by atoms with Gasteiger partial charge in [0.2, 0.25) is 0 Å². The fraction of sp³-hybridized carbons (Fsp3) is 0.600. The molecule has 2 unspecified atom stereocenters. The van der Waals surface area contributed by atoms with Crippen LogP contribution in [0.2, 0.25) is 0 Å². The van der Waals surface area contributed by atoms with Crippen LogP contribution in [-0.4, -0.2) is 0 Å². The van der Waals surface area contributed by atoms with E-state index in [1.54, 1.807) is 11.3 Å². The predicted molar refractivity (Wildman–Crippen MR) is 64.8 cm³/mol. The third kappa shape index (κ3) is 2.71. The van der Waals surface area contributed by atoms with E-state index in [1.165, 1.54) is 14.2 Å². The van der Waals surface area contributed by atoms with Crippen LogP contribution in [0.3, 0.4) is 0 Å². The van der Waals surface area contributed by atoms with Gasteiger partial charge < -0.3 is 0 Å². The molecule has 1 rings (SSSR count). The van der Waals surface area contributed by atoms with Crippen molar-refractivity contribution in [3.8, 4) is 0 Å². The lowest BCUT2D eigenvalue weighted by Crippen LogP contribution is -1.99. The Hall–Kier alpha value is 0.470. The monoisotopic (exact) mass is 280 g/mol. The van der Waals surface area contributed by atoms with Crippen LogP contribution in [0.1, 0.15) is 35.4 Å². The zero-order chi connectivity index (χ0) is 10.0. The van der Waals surface area contributed by atoms with E-state index in [0.717, 1.165) is 6.42 Å². The normalized spacial score (nSPS) is 15.8. The lowest BCUT2D eigenvalue weighted by Gasteiger charge is -2.13. The molecule has 0 aromatic carbocycles. The maximum atomic E-state index is 6.33. The van der Waals surface area contributed by atoms with E-state index >= 15 is 0 Å². The molecule has 0 aliphatic rings. The Labute approximate surface area is 97.4 Å². The summed E-state index contributed by atoms with van der Waals surface area (Å²) in [4.78, 5) is 2.59. The molecule has 0 bridgehead atoms. The van der Waals surface area contributed by atoms with Gasteiger partial charge in [0.05, 0.1) is 5.38 Å². The van der Waals surface area contributed by atoms with Crippen LogP contribution >= 0.6 is 38.9 Å². The van der Waals surface area contributed by atoms with Gasteiger partial charge in [0.25, 0.3) is 0 Å². The SMILES string of the molecule is CCC(C)C(Cl)c1cc(Br)c(C)s1. The third-order valence-corrected chi connectivity index (χ3v) is 5.31. The number of aryl methyl sites for hydroxylation is 1. The summed E-state index contributed by atoms with van der Waals surface area (Å²) >= 11 is 11.6. The summed E-state index contributed by atoms with van der Waals surface area (Å²) in [6, 6.07) is 2.14. The summed E-state index contributed by atoms with van der Waals surface area (Å²) in [7, 11) is 0. The van der Waals surface area contributed by atoms with Crippen LogP contribution < -0.4 is 0 Å². The van der Waals surface area contributed by atoms with Gasteiger partial charge in [-0.15, -0.1) is 22.9 Å². The van der Waals surface area contributed by atoms with Gasteiger partial charge in [0.1, 0.15) is 0 Å². The standard InChI is InChI=1S/C10H14BrClS/c1-4-6(2)10(12)9-5-8(11)7(3)13-9/h5-6,10H,4H2,1-3H3. The molecule has 0 spiro atoms. The first-order chi connectivity index (χ1) is 6.06. The molecule has 0 aliphatic heterocycles. The number of alkyl halides is 1. The van der Waals surface area contributed by atoms with Crippen molar-refractivity contribution in [2.24, 2.45) is 5.92 Å². The van der Waals surface area contributed by atoms with E-state index in [0.29, 0.717) is 5.92 Å². The van der Waals surface area contributed by atoms with Gasteiger partial charge >= 0.3 is 0 Å². The number of halogens is 2. The van der Waals surface area contributed by atoms with Crippen molar-refractivity contribution in [2.45, 2.75) is 32.6 Å². The number of thiophene rings is 1. The first-order valence-electron chi connectivity index (χ1n) is 4.46. The zero-order valence-electron chi connectivity index (χ0n) is 8.10. The average molecular weight is 282 g/mol. The lowest BCUT2D eigenvalue weighted by atomic mass is 10.0. The molecule has 1 aromatic heterocycles. The topological polar surface area (TPSA) is 0 Å². The van der Waals surface area contributed by atoms with E-state index in [9.17, 15) is 0 Å². The molecule has 0 radical (unpaired) electrons. The minimum atomic E-state index is 0.167. The highest BCUT2D eigenvalue weighted by atomic mass is 79.9. The molecule has 0 aliphatic carbocycles. The van der Waals surface area contributed by atoms with Crippen LogP contribution in [0.15, 0.2) is 10.5 Å². The molecule has 1 heterocycles. The molecule has 0 nitrogen and oxygen atoms in total. The molecule has 74 valence electrons. The Morgan fingerprint density at radius 3 is 2.62 bits per heavy atom. The Morgan fingerprint density at radius 1 is 1.62 bits per heavy atom. The number of rotatable bonds is 3. The molecule has 0 amide bonds. The van der Waals surface area contributed by atoms with Crippen molar-refractivity contribution < 1.29 is 0 Å². The zero-order valence-corrected chi connectivity index (χ0v) is 11.3. The summed E-state index contributed by atoms with van der Waals surface area (Å²) in [5, 5.41) is 0.167. The fourth-order valence-electron chi connectivity index (χ4n) is 1.10.